The molecule has 188 valence electrons. The largest absolute Gasteiger partial charge is 0.460 e. The fourth-order valence-electron chi connectivity index (χ4n) is 3.73. The maximum Gasteiger partial charge on any atom is 0.310 e. The van der Waals surface area contributed by atoms with Crippen molar-refractivity contribution in [3.05, 3.63) is 83.9 Å². The number of Topliss-reactive ketones (excluding diaryl/α,β-unsaturated/α-hetero) is 1. The highest BCUT2D eigenvalue weighted by Crippen LogP contribution is 2.19. The highest BCUT2D eigenvalue weighted by molar-refractivity contribution is 5.94. The van der Waals surface area contributed by atoms with Gasteiger partial charge in [-0.15, -0.1) is 0 Å². The molecule has 0 fully saturated rings. The molecule has 0 unspecified atom stereocenters. The molecule has 3 rings (SSSR count). The molecule has 1 atom stereocenters. The quantitative estimate of drug-likeness (QED) is 0.433. The Bertz CT molecular complexity index is 1220. The zero-order chi connectivity index (χ0) is 26.1. The summed E-state index contributed by atoms with van der Waals surface area (Å²) in [4.78, 5) is 50.4. The molecule has 0 saturated heterocycles. The third-order valence-corrected chi connectivity index (χ3v) is 5.31. The van der Waals surface area contributed by atoms with Crippen LogP contribution in [0.15, 0.2) is 72.8 Å². The Morgan fingerprint density at radius 1 is 0.806 bits per heavy atom. The van der Waals surface area contributed by atoms with Crippen molar-refractivity contribution >= 4 is 34.4 Å². The molecule has 36 heavy (non-hydrogen) atoms. The molecule has 0 heterocycles. The van der Waals surface area contributed by atoms with Gasteiger partial charge in [0.05, 0.1) is 19.3 Å². The van der Waals surface area contributed by atoms with Crippen LogP contribution in [-0.2, 0) is 41.5 Å². The van der Waals surface area contributed by atoms with Crippen molar-refractivity contribution < 1.29 is 28.7 Å². The summed E-state index contributed by atoms with van der Waals surface area (Å²) in [5.74, 6) is -2.23. The van der Waals surface area contributed by atoms with E-state index in [2.05, 4.69) is 5.32 Å². The Hall–Kier alpha value is -4.00. The predicted octanol–water partition coefficient (Wildman–Crippen LogP) is 3.95. The van der Waals surface area contributed by atoms with Crippen LogP contribution in [0, 0.1) is 0 Å². The van der Waals surface area contributed by atoms with Crippen molar-refractivity contribution in [1.82, 2.24) is 5.32 Å². The van der Waals surface area contributed by atoms with Gasteiger partial charge in [-0.25, -0.2) is 0 Å². The van der Waals surface area contributed by atoms with Gasteiger partial charge in [0.15, 0.2) is 12.4 Å². The van der Waals surface area contributed by atoms with Gasteiger partial charge in [0, 0.05) is 0 Å². The number of benzene rings is 3. The number of esters is 2. The molecule has 7 nitrogen and oxygen atoms in total. The molecule has 3 aromatic carbocycles. The molecule has 7 heteroatoms. The summed E-state index contributed by atoms with van der Waals surface area (Å²) in [6, 6.07) is 21.2. The number of hydrogen-bond donors (Lipinski definition) is 1. The third kappa shape index (κ3) is 8.34. The van der Waals surface area contributed by atoms with Crippen LogP contribution in [-0.4, -0.2) is 41.9 Å². The molecule has 0 aliphatic heterocycles. The monoisotopic (exact) mass is 489 g/mol. The summed E-state index contributed by atoms with van der Waals surface area (Å²) < 4.78 is 10.5. The first-order valence-corrected chi connectivity index (χ1v) is 11.8. The molecule has 0 radical (unpaired) electrons. The number of fused-ring (bicyclic) bond motifs is 1. The number of carbonyl (C=O) groups excluding carboxylic acids is 4. The maximum absolute atomic E-state index is 12.9. The minimum Gasteiger partial charge on any atom is -0.460 e. The van der Waals surface area contributed by atoms with E-state index in [1.807, 2.05) is 48.5 Å². The zero-order valence-corrected chi connectivity index (χ0v) is 20.8. The van der Waals surface area contributed by atoms with E-state index < -0.39 is 41.9 Å². The van der Waals surface area contributed by atoms with E-state index in [-0.39, 0.29) is 19.3 Å². The Morgan fingerprint density at radius 2 is 1.47 bits per heavy atom. The molecule has 0 aliphatic carbocycles. The van der Waals surface area contributed by atoms with Crippen LogP contribution in [0.1, 0.15) is 38.3 Å². The van der Waals surface area contributed by atoms with Crippen LogP contribution in [0.25, 0.3) is 10.8 Å². The average Bonchev–Trinajstić information content (AvgIpc) is 2.82. The summed E-state index contributed by atoms with van der Waals surface area (Å²) >= 11 is 0. The lowest BCUT2D eigenvalue weighted by molar-refractivity contribution is -0.157. The van der Waals surface area contributed by atoms with Crippen LogP contribution >= 0.6 is 0 Å². The number of carbonyl (C=O) groups is 4. The number of ketones is 1. The number of nitrogens with one attached hydrogen (secondary N) is 1. The first kappa shape index (κ1) is 26.6. The van der Waals surface area contributed by atoms with Gasteiger partial charge < -0.3 is 14.8 Å². The second kappa shape index (κ2) is 12.1. The molecule has 0 aliphatic rings. The molecule has 0 aromatic heterocycles. The molecule has 0 saturated carbocycles. The van der Waals surface area contributed by atoms with Crippen LogP contribution in [0.2, 0.25) is 0 Å². The van der Waals surface area contributed by atoms with E-state index >= 15 is 0 Å². The average molecular weight is 490 g/mol. The fourth-order valence-corrected chi connectivity index (χ4v) is 3.73. The van der Waals surface area contributed by atoms with Gasteiger partial charge in [-0.3, -0.25) is 19.2 Å². The van der Waals surface area contributed by atoms with Crippen LogP contribution in [0.5, 0.6) is 0 Å². The Morgan fingerprint density at radius 3 is 2.19 bits per heavy atom. The SMILES string of the molecule is CC(C)(C)OC(=O)C[C@H](NC(=O)Cc1ccccc1)C(=O)COC(=O)Cc1cccc2ccccc12. The molecule has 1 amide bonds. The van der Waals surface area contributed by atoms with Gasteiger partial charge in [0.25, 0.3) is 0 Å². The summed E-state index contributed by atoms with van der Waals surface area (Å²) in [5, 5.41) is 4.53. The van der Waals surface area contributed by atoms with Crippen LogP contribution in [0.3, 0.4) is 0 Å². The number of rotatable bonds is 10. The molecular weight excluding hydrogens is 458 g/mol. The lowest BCUT2D eigenvalue weighted by atomic mass is 10.0. The van der Waals surface area contributed by atoms with Gasteiger partial charge in [0.1, 0.15) is 11.6 Å². The first-order valence-electron chi connectivity index (χ1n) is 11.8. The third-order valence-electron chi connectivity index (χ3n) is 5.31. The minimum atomic E-state index is -1.18. The van der Waals surface area contributed by atoms with Crippen molar-refractivity contribution in [2.75, 3.05) is 6.61 Å². The van der Waals surface area contributed by atoms with Gasteiger partial charge in [-0.1, -0.05) is 72.8 Å². The van der Waals surface area contributed by atoms with Crippen molar-refractivity contribution in [1.29, 1.82) is 0 Å². The van der Waals surface area contributed by atoms with Gasteiger partial charge in [-0.05, 0) is 42.7 Å². The molecule has 0 spiro atoms. The minimum absolute atomic E-state index is 0.00820. The van der Waals surface area contributed by atoms with E-state index in [1.165, 1.54) is 0 Å². The van der Waals surface area contributed by atoms with Gasteiger partial charge in [0.2, 0.25) is 5.91 Å². The second-order valence-corrected chi connectivity index (χ2v) is 9.52. The Balaban J connectivity index is 1.63. The van der Waals surface area contributed by atoms with Crippen molar-refractivity contribution in [2.45, 2.75) is 51.7 Å². The summed E-state index contributed by atoms with van der Waals surface area (Å²) in [6.45, 7) is 4.57. The smallest absolute Gasteiger partial charge is 0.310 e. The standard InChI is InChI=1S/C29H31NO6/c1-29(2,3)36-28(34)18-24(30-26(32)16-20-10-5-4-6-11-20)25(31)19-35-27(33)17-22-14-9-13-21-12-7-8-15-23(21)22/h4-15,24H,16-19H2,1-3H3,(H,30,32)/t24-/m0/s1. The van der Waals surface area contributed by atoms with Crippen molar-refractivity contribution in [2.24, 2.45) is 0 Å². The number of amides is 1. The number of ether oxygens (including phenoxy) is 2. The lowest BCUT2D eigenvalue weighted by Gasteiger charge is -2.22. The van der Waals surface area contributed by atoms with E-state index in [4.69, 9.17) is 9.47 Å². The Labute approximate surface area is 210 Å². The van der Waals surface area contributed by atoms with Crippen LogP contribution in [0.4, 0.5) is 0 Å². The normalized spacial score (nSPS) is 12.0. The van der Waals surface area contributed by atoms with E-state index in [0.717, 1.165) is 21.9 Å². The topological polar surface area (TPSA) is 98.8 Å². The second-order valence-electron chi connectivity index (χ2n) is 9.52. The van der Waals surface area contributed by atoms with Crippen LogP contribution < -0.4 is 5.32 Å². The van der Waals surface area contributed by atoms with Crippen molar-refractivity contribution in [3.8, 4) is 0 Å². The van der Waals surface area contributed by atoms with Gasteiger partial charge in [-0.2, -0.15) is 0 Å². The highest BCUT2D eigenvalue weighted by Gasteiger charge is 2.28. The van der Waals surface area contributed by atoms with E-state index in [9.17, 15) is 19.2 Å². The maximum atomic E-state index is 12.9. The highest BCUT2D eigenvalue weighted by atomic mass is 16.6. The van der Waals surface area contributed by atoms with Crippen molar-refractivity contribution in [3.63, 3.8) is 0 Å². The molecular formula is C29H31NO6. The summed E-state index contributed by atoms with van der Waals surface area (Å²) in [5.41, 5.74) is 0.802. The Kier molecular flexibility index (Phi) is 8.95. The number of hydrogen-bond acceptors (Lipinski definition) is 6. The summed E-state index contributed by atoms with van der Waals surface area (Å²) in [7, 11) is 0. The summed E-state index contributed by atoms with van der Waals surface area (Å²) in [6.07, 6.45) is -0.330. The van der Waals surface area contributed by atoms with E-state index in [1.54, 1.807) is 45.0 Å². The van der Waals surface area contributed by atoms with E-state index in [0.29, 0.717) is 0 Å². The fraction of sp³-hybridized carbons (Fsp3) is 0.310. The molecule has 1 N–H and O–H groups in total. The lowest BCUT2D eigenvalue weighted by Crippen LogP contribution is -2.45. The zero-order valence-electron chi connectivity index (χ0n) is 20.8. The molecule has 0 bridgehead atoms. The first-order chi connectivity index (χ1) is 17.1. The van der Waals surface area contributed by atoms with Gasteiger partial charge >= 0.3 is 11.9 Å². The molecule has 3 aromatic rings. The predicted molar refractivity (Wildman–Crippen MR) is 136 cm³/mol.